The van der Waals surface area contributed by atoms with Gasteiger partial charge in [0.25, 0.3) is 0 Å². The third-order valence-corrected chi connectivity index (χ3v) is 3.39. The summed E-state index contributed by atoms with van der Waals surface area (Å²) in [4.78, 5) is 0. The van der Waals surface area contributed by atoms with Gasteiger partial charge in [0.1, 0.15) is 5.75 Å². The van der Waals surface area contributed by atoms with Crippen LogP contribution in [0.3, 0.4) is 0 Å². The van der Waals surface area contributed by atoms with Crippen LogP contribution in [-0.2, 0) is 0 Å². The Morgan fingerprint density at radius 1 is 1.22 bits per heavy atom. The highest BCUT2D eigenvalue weighted by Gasteiger charge is 2.21. The summed E-state index contributed by atoms with van der Waals surface area (Å²) in [5, 5.41) is 12.6. The number of aliphatic hydroxyl groups excluding tert-OH is 1. The number of rotatable bonds is 5. The van der Waals surface area contributed by atoms with Crippen LogP contribution in [0.2, 0.25) is 0 Å². The lowest BCUT2D eigenvalue weighted by atomic mass is 9.97. The molecule has 3 nitrogen and oxygen atoms in total. The molecule has 0 heterocycles. The zero-order valence-corrected chi connectivity index (χ0v) is 12.3. The van der Waals surface area contributed by atoms with Gasteiger partial charge in [0, 0.05) is 12.1 Å². The minimum Gasteiger partial charge on any atom is -0.494 e. The second-order valence-corrected chi connectivity index (χ2v) is 5.53. The van der Waals surface area contributed by atoms with Gasteiger partial charge in [0.15, 0.2) is 0 Å². The molecule has 1 rings (SSSR count). The summed E-state index contributed by atoms with van der Waals surface area (Å²) in [5.41, 5.74) is 4.43. The zero-order valence-electron chi connectivity index (χ0n) is 12.3. The first-order chi connectivity index (χ1) is 8.32. The van der Waals surface area contributed by atoms with Crippen molar-refractivity contribution in [3.63, 3.8) is 0 Å². The Kier molecular flexibility index (Phi) is 4.63. The summed E-state index contributed by atoms with van der Waals surface area (Å²) in [6.45, 7) is 10.6. The highest BCUT2D eigenvalue weighted by Crippen LogP contribution is 2.36. The van der Waals surface area contributed by atoms with E-state index < -0.39 is 0 Å². The van der Waals surface area contributed by atoms with Crippen LogP contribution < -0.4 is 10.1 Å². The summed E-state index contributed by atoms with van der Waals surface area (Å²) in [6, 6.07) is 2.16. The molecule has 102 valence electrons. The molecule has 1 aromatic rings. The fourth-order valence-electron chi connectivity index (χ4n) is 2.14. The number of aliphatic hydroxyl groups is 1. The molecule has 0 fully saturated rings. The maximum Gasteiger partial charge on any atom is 0.145 e. The number of hydrogen-bond acceptors (Lipinski definition) is 3. The lowest BCUT2D eigenvalue weighted by molar-refractivity contribution is 0.260. The monoisotopic (exact) mass is 251 g/mol. The molecule has 0 spiro atoms. The van der Waals surface area contributed by atoms with Gasteiger partial charge < -0.3 is 15.2 Å². The summed E-state index contributed by atoms with van der Waals surface area (Å²) >= 11 is 0. The van der Waals surface area contributed by atoms with Crippen molar-refractivity contribution in [1.29, 1.82) is 0 Å². The van der Waals surface area contributed by atoms with Gasteiger partial charge in [-0.15, -0.1) is 0 Å². The molecular weight excluding hydrogens is 226 g/mol. The maximum atomic E-state index is 9.10. The summed E-state index contributed by atoms with van der Waals surface area (Å²) in [6.07, 6.45) is 0.697. The van der Waals surface area contributed by atoms with E-state index >= 15 is 0 Å². The average molecular weight is 251 g/mol. The van der Waals surface area contributed by atoms with Gasteiger partial charge in [-0.1, -0.05) is 6.07 Å². The minimum atomic E-state index is -0.158. The first-order valence-electron chi connectivity index (χ1n) is 6.36. The van der Waals surface area contributed by atoms with E-state index in [1.807, 2.05) is 0 Å². The van der Waals surface area contributed by atoms with Crippen LogP contribution in [0.15, 0.2) is 6.07 Å². The van der Waals surface area contributed by atoms with Crippen molar-refractivity contribution in [2.45, 2.75) is 46.6 Å². The van der Waals surface area contributed by atoms with Crippen molar-refractivity contribution in [3.8, 4) is 5.75 Å². The summed E-state index contributed by atoms with van der Waals surface area (Å²) in [7, 11) is 1.70. The van der Waals surface area contributed by atoms with Gasteiger partial charge in [0.2, 0.25) is 0 Å². The smallest absolute Gasteiger partial charge is 0.145 e. The average Bonchev–Trinajstić information content (AvgIpc) is 2.26. The zero-order chi connectivity index (χ0) is 13.9. The number of anilines is 1. The fraction of sp³-hybridized carbons (Fsp3) is 0.600. The van der Waals surface area contributed by atoms with Crippen LogP contribution in [0.25, 0.3) is 0 Å². The van der Waals surface area contributed by atoms with E-state index in [2.05, 4.69) is 46.0 Å². The van der Waals surface area contributed by atoms with E-state index in [0.717, 1.165) is 17.0 Å². The molecule has 0 saturated heterocycles. The van der Waals surface area contributed by atoms with Crippen molar-refractivity contribution in [2.24, 2.45) is 0 Å². The first-order valence-corrected chi connectivity index (χ1v) is 6.36. The second-order valence-electron chi connectivity index (χ2n) is 5.53. The Hall–Kier alpha value is -1.22. The third kappa shape index (κ3) is 3.16. The standard InChI is InChI=1S/C15H25NO2/c1-10-9-11(2)13(14(18-6)12(10)3)16-15(4,5)7-8-17/h9,16-17H,7-8H2,1-6H3. The SMILES string of the molecule is COc1c(C)c(C)cc(C)c1NC(C)(C)CCO. The maximum absolute atomic E-state index is 9.10. The highest BCUT2D eigenvalue weighted by atomic mass is 16.5. The molecule has 0 atom stereocenters. The van der Waals surface area contributed by atoms with Gasteiger partial charge in [-0.2, -0.15) is 0 Å². The lowest BCUT2D eigenvalue weighted by Gasteiger charge is -2.29. The van der Waals surface area contributed by atoms with Crippen molar-refractivity contribution in [2.75, 3.05) is 19.0 Å². The molecule has 0 aliphatic carbocycles. The number of benzene rings is 1. The lowest BCUT2D eigenvalue weighted by Crippen LogP contribution is -2.32. The van der Waals surface area contributed by atoms with Gasteiger partial charge in [-0.3, -0.25) is 0 Å². The molecule has 0 aliphatic rings. The van der Waals surface area contributed by atoms with Gasteiger partial charge >= 0.3 is 0 Å². The van der Waals surface area contributed by atoms with Crippen molar-refractivity contribution >= 4 is 5.69 Å². The Morgan fingerprint density at radius 2 is 1.83 bits per heavy atom. The number of hydrogen-bond donors (Lipinski definition) is 2. The summed E-state index contributed by atoms with van der Waals surface area (Å²) in [5.74, 6) is 0.901. The molecular formula is C15H25NO2. The van der Waals surface area contributed by atoms with Crippen molar-refractivity contribution in [3.05, 3.63) is 22.8 Å². The molecule has 1 aromatic carbocycles. The van der Waals surface area contributed by atoms with Crippen LogP contribution in [0.4, 0.5) is 5.69 Å². The molecule has 18 heavy (non-hydrogen) atoms. The van der Waals surface area contributed by atoms with Gasteiger partial charge in [-0.05, 0) is 57.7 Å². The molecule has 0 bridgehead atoms. The minimum absolute atomic E-state index is 0.158. The van der Waals surface area contributed by atoms with Gasteiger partial charge in [-0.25, -0.2) is 0 Å². The highest BCUT2D eigenvalue weighted by molar-refractivity contribution is 5.67. The molecule has 0 radical (unpaired) electrons. The van der Waals surface area contributed by atoms with E-state index in [-0.39, 0.29) is 12.1 Å². The molecule has 0 saturated carbocycles. The Balaban J connectivity index is 3.20. The fourth-order valence-corrected chi connectivity index (χ4v) is 2.14. The van der Waals surface area contributed by atoms with E-state index in [9.17, 15) is 0 Å². The van der Waals surface area contributed by atoms with Crippen LogP contribution in [0, 0.1) is 20.8 Å². The Bertz CT molecular complexity index is 425. The van der Waals surface area contributed by atoms with Crippen molar-refractivity contribution < 1.29 is 9.84 Å². The Labute approximate surface area is 110 Å². The normalized spacial score (nSPS) is 11.5. The molecule has 0 unspecified atom stereocenters. The number of ether oxygens (including phenoxy) is 1. The van der Waals surface area contributed by atoms with Gasteiger partial charge in [0.05, 0.1) is 12.8 Å². The first kappa shape index (κ1) is 14.8. The molecule has 2 N–H and O–H groups in total. The topological polar surface area (TPSA) is 41.5 Å². The molecule has 3 heteroatoms. The second kappa shape index (κ2) is 5.61. The molecule has 0 aliphatic heterocycles. The summed E-state index contributed by atoms with van der Waals surface area (Å²) < 4.78 is 5.54. The van der Waals surface area contributed by atoms with Crippen LogP contribution in [0.5, 0.6) is 5.75 Å². The number of nitrogens with one attached hydrogen (secondary N) is 1. The molecule has 0 aromatic heterocycles. The van der Waals surface area contributed by atoms with E-state index in [1.165, 1.54) is 11.1 Å². The predicted molar refractivity (Wildman–Crippen MR) is 76.6 cm³/mol. The van der Waals surface area contributed by atoms with E-state index in [4.69, 9.17) is 9.84 Å². The number of aryl methyl sites for hydroxylation is 2. The predicted octanol–water partition coefficient (Wildman–Crippen LogP) is 3.19. The van der Waals surface area contributed by atoms with E-state index in [0.29, 0.717) is 6.42 Å². The third-order valence-electron chi connectivity index (χ3n) is 3.39. The van der Waals surface area contributed by atoms with Crippen LogP contribution >= 0.6 is 0 Å². The quantitative estimate of drug-likeness (QED) is 0.844. The Morgan fingerprint density at radius 3 is 2.33 bits per heavy atom. The number of methoxy groups -OCH3 is 1. The largest absolute Gasteiger partial charge is 0.494 e. The molecule has 0 amide bonds. The van der Waals surface area contributed by atoms with Crippen LogP contribution in [0.1, 0.15) is 37.0 Å². The van der Waals surface area contributed by atoms with E-state index in [1.54, 1.807) is 7.11 Å². The van der Waals surface area contributed by atoms with Crippen LogP contribution in [-0.4, -0.2) is 24.4 Å². The van der Waals surface area contributed by atoms with Crippen molar-refractivity contribution in [1.82, 2.24) is 0 Å².